The lowest BCUT2D eigenvalue weighted by Crippen LogP contribution is -2.02. The fourth-order valence-corrected chi connectivity index (χ4v) is 2.16. The van der Waals surface area contributed by atoms with E-state index in [0.717, 1.165) is 13.0 Å². The Labute approximate surface area is 145 Å². The molecular weight excluding hydrogens is 278 g/mol. The quantitative estimate of drug-likeness (QED) is 0.694. The molecule has 1 nitrogen and oxygen atoms in total. The van der Waals surface area contributed by atoms with Crippen molar-refractivity contribution in [2.75, 3.05) is 6.54 Å². The zero-order valence-corrected chi connectivity index (χ0v) is 15.9. The van der Waals surface area contributed by atoms with Crippen LogP contribution in [0.5, 0.6) is 0 Å². The highest BCUT2D eigenvalue weighted by Crippen LogP contribution is 2.22. The SMILES string of the molecule is C#C.CC.CC(C)/C=C/c1ccc2c(c1)CCCC2.CCCN. The second kappa shape index (κ2) is 16.8. The minimum Gasteiger partial charge on any atom is -0.330 e. The second-order valence-corrected chi connectivity index (χ2v) is 5.63. The first-order chi connectivity index (χ1) is 11.2. The number of hydrogen-bond donors (Lipinski definition) is 1. The minimum absolute atomic E-state index is 0.640. The Hall–Kier alpha value is -1.52. The molecule has 1 aromatic carbocycles. The van der Waals surface area contributed by atoms with Gasteiger partial charge in [-0.3, -0.25) is 0 Å². The van der Waals surface area contributed by atoms with E-state index in [1.807, 2.05) is 13.8 Å². The molecule has 0 saturated heterocycles. The zero-order chi connectivity index (χ0) is 18.1. The third kappa shape index (κ3) is 11.7. The first kappa shape index (κ1) is 23.7. The summed E-state index contributed by atoms with van der Waals surface area (Å²) in [7, 11) is 0. The summed E-state index contributed by atoms with van der Waals surface area (Å²) in [4.78, 5) is 0. The van der Waals surface area contributed by atoms with Crippen LogP contribution in [0, 0.1) is 18.8 Å². The summed E-state index contributed by atoms with van der Waals surface area (Å²) in [6, 6.07) is 6.94. The highest BCUT2D eigenvalue weighted by atomic mass is 14.5. The average molecular weight is 316 g/mol. The van der Waals surface area contributed by atoms with Gasteiger partial charge in [-0.05, 0) is 61.3 Å². The highest BCUT2D eigenvalue weighted by Gasteiger charge is 2.08. The zero-order valence-electron chi connectivity index (χ0n) is 15.9. The largest absolute Gasteiger partial charge is 0.330 e. The van der Waals surface area contributed by atoms with E-state index in [0.29, 0.717) is 5.92 Å². The van der Waals surface area contributed by atoms with Crippen LogP contribution in [-0.2, 0) is 12.8 Å². The lowest BCUT2D eigenvalue weighted by molar-refractivity contribution is 0.685. The summed E-state index contributed by atoms with van der Waals surface area (Å²) < 4.78 is 0. The molecule has 1 aliphatic rings. The number of terminal acetylenes is 1. The van der Waals surface area contributed by atoms with Crippen LogP contribution in [0.25, 0.3) is 6.08 Å². The van der Waals surface area contributed by atoms with E-state index in [2.05, 4.69) is 64.0 Å². The van der Waals surface area contributed by atoms with E-state index in [-0.39, 0.29) is 0 Å². The fourth-order valence-electron chi connectivity index (χ4n) is 2.16. The van der Waals surface area contributed by atoms with Crippen molar-refractivity contribution in [2.24, 2.45) is 11.7 Å². The molecule has 0 spiro atoms. The number of hydrogen-bond acceptors (Lipinski definition) is 1. The molecule has 0 heterocycles. The summed E-state index contributed by atoms with van der Waals surface area (Å²) in [5, 5.41) is 0. The Kier molecular flexibility index (Phi) is 17.4. The van der Waals surface area contributed by atoms with Gasteiger partial charge >= 0.3 is 0 Å². The Balaban J connectivity index is 0. The second-order valence-electron chi connectivity index (χ2n) is 5.63. The maximum absolute atomic E-state index is 5.03. The standard InChI is InChI=1S/C15H20.C3H9N.C2H6.C2H2/c1-12(2)7-8-13-9-10-14-5-3-4-6-15(14)11-13;1-2-3-4;2*1-2/h7-12H,3-6H2,1-2H3;2-4H2,1H3;1-2H3;1-2H/b8-7+;;;. The molecular formula is C22H37N. The molecule has 0 amide bonds. The molecule has 0 bridgehead atoms. The molecule has 130 valence electrons. The van der Waals surface area contributed by atoms with E-state index in [9.17, 15) is 0 Å². The molecule has 1 heteroatoms. The van der Waals surface area contributed by atoms with Crippen LogP contribution in [0.2, 0.25) is 0 Å². The van der Waals surface area contributed by atoms with Crippen LogP contribution in [0.1, 0.15) is 70.6 Å². The van der Waals surface area contributed by atoms with Crippen LogP contribution < -0.4 is 5.73 Å². The van der Waals surface area contributed by atoms with Gasteiger partial charge in [0.15, 0.2) is 0 Å². The highest BCUT2D eigenvalue weighted by molar-refractivity contribution is 5.52. The van der Waals surface area contributed by atoms with Crippen molar-refractivity contribution < 1.29 is 0 Å². The van der Waals surface area contributed by atoms with E-state index in [1.54, 1.807) is 11.1 Å². The molecule has 23 heavy (non-hydrogen) atoms. The molecule has 0 atom stereocenters. The van der Waals surface area contributed by atoms with Crippen molar-refractivity contribution in [3.63, 3.8) is 0 Å². The number of fused-ring (bicyclic) bond motifs is 1. The van der Waals surface area contributed by atoms with E-state index in [4.69, 9.17) is 5.73 Å². The van der Waals surface area contributed by atoms with E-state index < -0.39 is 0 Å². The van der Waals surface area contributed by atoms with Crippen molar-refractivity contribution in [2.45, 2.75) is 66.7 Å². The van der Waals surface area contributed by atoms with Crippen molar-refractivity contribution in [3.05, 3.63) is 41.0 Å². The molecule has 0 aliphatic heterocycles. The van der Waals surface area contributed by atoms with Crippen molar-refractivity contribution in [3.8, 4) is 12.8 Å². The average Bonchev–Trinajstić information content (AvgIpc) is 2.63. The van der Waals surface area contributed by atoms with Crippen LogP contribution in [0.15, 0.2) is 24.3 Å². The first-order valence-electron chi connectivity index (χ1n) is 9.00. The number of aryl methyl sites for hydroxylation is 2. The normalized spacial score (nSPS) is 12.0. The van der Waals surface area contributed by atoms with Gasteiger partial charge in [0.1, 0.15) is 0 Å². The van der Waals surface area contributed by atoms with Gasteiger partial charge in [0, 0.05) is 0 Å². The first-order valence-corrected chi connectivity index (χ1v) is 9.00. The topological polar surface area (TPSA) is 26.0 Å². The van der Waals surface area contributed by atoms with Crippen molar-refractivity contribution in [1.29, 1.82) is 0 Å². The lowest BCUT2D eigenvalue weighted by atomic mass is 9.90. The molecule has 0 radical (unpaired) electrons. The van der Waals surface area contributed by atoms with Gasteiger partial charge in [-0.15, -0.1) is 12.8 Å². The minimum atomic E-state index is 0.640. The molecule has 0 saturated carbocycles. The van der Waals surface area contributed by atoms with E-state index >= 15 is 0 Å². The lowest BCUT2D eigenvalue weighted by Gasteiger charge is -2.15. The molecule has 0 unspecified atom stereocenters. The van der Waals surface area contributed by atoms with Gasteiger partial charge in [-0.25, -0.2) is 0 Å². The van der Waals surface area contributed by atoms with Gasteiger partial charge in [0.05, 0.1) is 0 Å². The van der Waals surface area contributed by atoms with Gasteiger partial charge in [-0.1, -0.05) is 65.0 Å². The monoisotopic (exact) mass is 315 g/mol. The van der Waals surface area contributed by atoms with Crippen LogP contribution in [0.3, 0.4) is 0 Å². The summed E-state index contributed by atoms with van der Waals surface area (Å²) >= 11 is 0. The Morgan fingerprint density at radius 1 is 1.09 bits per heavy atom. The number of nitrogens with two attached hydrogens (primary N) is 1. The van der Waals surface area contributed by atoms with Crippen LogP contribution in [-0.4, -0.2) is 6.54 Å². The molecule has 0 fully saturated rings. The van der Waals surface area contributed by atoms with Gasteiger partial charge in [0.25, 0.3) is 0 Å². The van der Waals surface area contributed by atoms with Gasteiger partial charge < -0.3 is 5.73 Å². The number of rotatable bonds is 3. The molecule has 2 rings (SSSR count). The van der Waals surface area contributed by atoms with Crippen LogP contribution >= 0.6 is 0 Å². The molecule has 0 aromatic heterocycles. The summed E-state index contributed by atoms with van der Waals surface area (Å²) in [5.41, 5.74) is 9.54. The van der Waals surface area contributed by atoms with E-state index in [1.165, 1.54) is 31.2 Å². The third-order valence-electron chi connectivity index (χ3n) is 3.33. The summed E-state index contributed by atoms with van der Waals surface area (Å²) in [5.74, 6) is 0.640. The van der Waals surface area contributed by atoms with Crippen molar-refractivity contribution in [1.82, 2.24) is 0 Å². The Morgan fingerprint density at radius 2 is 1.61 bits per heavy atom. The maximum atomic E-state index is 5.03. The predicted octanol–water partition coefficient (Wildman–Crippen LogP) is 5.87. The maximum Gasteiger partial charge on any atom is -0.00799 e. The van der Waals surface area contributed by atoms with Gasteiger partial charge in [-0.2, -0.15) is 0 Å². The fraction of sp³-hybridized carbons (Fsp3) is 0.545. The summed E-state index contributed by atoms with van der Waals surface area (Å²) in [6.45, 7) is 11.3. The number of benzene rings is 1. The number of allylic oxidation sites excluding steroid dienone is 1. The van der Waals surface area contributed by atoms with Crippen LogP contribution in [0.4, 0.5) is 0 Å². The third-order valence-corrected chi connectivity index (χ3v) is 3.33. The van der Waals surface area contributed by atoms with Gasteiger partial charge in [0.2, 0.25) is 0 Å². The Morgan fingerprint density at radius 3 is 2.09 bits per heavy atom. The summed E-state index contributed by atoms with van der Waals surface area (Å²) in [6.07, 6.45) is 18.9. The smallest absolute Gasteiger partial charge is 0.00799 e. The Bertz CT molecular complexity index is 425. The molecule has 1 aliphatic carbocycles. The van der Waals surface area contributed by atoms with Crippen molar-refractivity contribution >= 4 is 6.08 Å². The predicted molar refractivity (Wildman–Crippen MR) is 108 cm³/mol. The molecule has 1 aromatic rings. The molecule has 2 N–H and O–H groups in total.